The van der Waals surface area contributed by atoms with Gasteiger partial charge in [0.15, 0.2) is 19.9 Å². The van der Waals surface area contributed by atoms with Crippen molar-refractivity contribution in [1.29, 1.82) is 0 Å². The molecule has 0 bridgehead atoms. The highest BCUT2D eigenvalue weighted by Crippen LogP contribution is 2.40. The van der Waals surface area contributed by atoms with Crippen molar-refractivity contribution < 1.29 is 18.6 Å². The van der Waals surface area contributed by atoms with E-state index < -0.39 is 36.6 Å². The van der Waals surface area contributed by atoms with Gasteiger partial charge in [-0.2, -0.15) is 30.2 Å². The maximum Gasteiger partial charge on any atom is 0.494 e. The van der Waals surface area contributed by atoms with Gasteiger partial charge in [-0.3, -0.25) is 0 Å². The number of aromatic amines is 4. The molecule has 0 spiro atoms. The van der Waals surface area contributed by atoms with Crippen LogP contribution in [0, 0.1) is 19.1 Å². The topological polar surface area (TPSA) is 252 Å². The molecule has 10 heterocycles. The molecule has 2 fully saturated rings. The van der Waals surface area contributed by atoms with E-state index in [1.54, 1.807) is 23.1 Å². The number of thiol groups is 2. The fraction of sp³-hybridized carbons (Fsp3) is 0.478. The van der Waals surface area contributed by atoms with Gasteiger partial charge < -0.3 is 47.7 Å². The summed E-state index contributed by atoms with van der Waals surface area (Å²) < 4.78 is 37.8. The third-order valence-electron chi connectivity index (χ3n) is 17.9. The van der Waals surface area contributed by atoms with Crippen molar-refractivity contribution in [2.45, 2.75) is 203 Å². The molecule has 0 radical (unpaired) electrons. The van der Waals surface area contributed by atoms with Crippen molar-refractivity contribution in [3.63, 3.8) is 0 Å². The third-order valence-corrected chi connectivity index (χ3v) is 25.0. The molecule has 2 aliphatic rings. The summed E-state index contributed by atoms with van der Waals surface area (Å²) in [5, 5.41) is 3.93. The Kier molecular flexibility index (Phi) is 32.7. The lowest BCUT2D eigenvalue weighted by Gasteiger charge is -2.32. The van der Waals surface area contributed by atoms with Gasteiger partial charge in [0, 0.05) is 67.0 Å². The minimum Gasteiger partial charge on any atom is -0.399 e. The molecule has 0 saturated carbocycles. The van der Waals surface area contributed by atoms with E-state index in [0.29, 0.717) is 64.5 Å². The minimum absolute atomic E-state index is 0.367. The van der Waals surface area contributed by atoms with Crippen molar-refractivity contribution in [2.75, 3.05) is 12.5 Å². The van der Waals surface area contributed by atoms with Crippen LogP contribution in [0.2, 0.25) is 0 Å². The average molecular weight is 1980 g/mol. The van der Waals surface area contributed by atoms with Gasteiger partial charge in [0.25, 0.3) is 0 Å². The fourth-order valence-electron chi connectivity index (χ4n) is 11.1. The standard InChI is InChI=1S/C33H44B2N4O4S2.C13H16Br2N4S2.C13H15Br2N3S3.C8H6Br2N6S2/c1-30(2)31(3,4)41-34(40-30)21-13-15-23-24-16-14-22(35-42-32(5,6)33(7,8)43-35)19-26(24)39(25(23)18-21)17-11-10-12-27-36-28(20-44)38-29(37-27)45-9;1-21-13-17-11(16-12(8-20)18-13)4-2-3-7-19-9(14)5-6-10(19)15;14-9-7-8(11(15)21-9)5-3-1-2-4-6-10-16-12(19)18-13(20)17-10;9-5-11-3(12-6(10)15-5)1-2-4-13-7(17)16-8(18)14-4/h13-16,18-19,44H,10-12,17,20H2,1-9H3;5-6,20H,2-4,7-8H2,1H3;7H,1-6H2,(H2,16,17,18,19,20);1-2H2,(H2,13,14,16,17,18). The molecule has 2 aliphatic heterocycles. The van der Waals surface area contributed by atoms with E-state index in [9.17, 15) is 0 Å². The summed E-state index contributed by atoms with van der Waals surface area (Å²) in [6, 6.07) is 19.4. The first-order chi connectivity index (χ1) is 49.8. The number of benzene rings is 2. The fourth-order valence-corrected chi connectivity index (χ4v) is 18.3. The van der Waals surface area contributed by atoms with Crippen LogP contribution < -0.4 is 10.9 Å². The molecule has 2 saturated heterocycles. The molecule has 560 valence electrons. The number of thioether (sulfide) groups is 2. The summed E-state index contributed by atoms with van der Waals surface area (Å²) in [6.07, 6.45) is 17.6. The first-order valence-electron chi connectivity index (χ1n) is 33.8. The van der Waals surface area contributed by atoms with E-state index in [1.807, 2.05) is 24.6 Å². The summed E-state index contributed by atoms with van der Waals surface area (Å²) >= 11 is 54.0. The van der Waals surface area contributed by atoms with Gasteiger partial charge in [-0.1, -0.05) is 60.6 Å². The Morgan fingerprint density at radius 1 is 0.448 bits per heavy atom. The maximum absolute atomic E-state index is 6.43. The normalized spacial score (nSPS) is 14.8. The second kappa shape index (κ2) is 39.7. The van der Waals surface area contributed by atoms with Gasteiger partial charge in [0.05, 0.1) is 50.7 Å². The highest BCUT2D eigenvalue weighted by molar-refractivity contribution is 9.12. The molecule has 10 aromatic rings. The van der Waals surface area contributed by atoms with Crippen molar-refractivity contribution in [2.24, 2.45) is 0 Å². The van der Waals surface area contributed by atoms with E-state index >= 15 is 0 Å². The van der Waals surface area contributed by atoms with Crippen LogP contribution in [-0.2, 0) is 81.7 Å². The van der Waals surface area contributed by atoms with E-state index in [1.165, 1.54) is 54.9 Å². The molecule has 8 aromatic heterocycles. The smallest absolute Gasteiger partial charge is 0.399 e. The first kappa shape index (κ1) is 86.4. The SMILES string of the molecule is CSc1nc(CS)nc(CCCCn2c(Br)ccc2Br)n1.CSc1nc(CS)nc(CCCCn2c3cc(B4OC(C)(C)C(C)(C)O4)ccc3c3ccc(B4OC(C)(C)C(C)(C)O4)cc32)n1.S=c1nc(CCCCCCc2cc(Br)sc2Br)[nH]c(=S)[nH]1.S=c1nc(CCc2nc(Br)nc(Br)n2)[nH]c(=S)[nH]1. The van der Waals surface area contributed by atoms with Gasteiger partial charge in [-0.25, -0.2) is 49.8 Å². The summed E-state index contributed by atoms with van der Waals surface area (Å²) in [5.74, 6) is 6.46. The van der Waals surface area contributed by atoms with Gasteiger partial charge >= 0.3 is 14.2 Å². The Labute approximate surface area is 707 Å². The predicted octanol–water partition coefficient (Wildman–Crippen LogP) is 18.9. The van der Waals surface area contributed by atoms with Crippen molar-refractivity contribution in [1.82, 2.24) is 83.9 Å². The maximum atomic E-state index is 6.43. The van der Waals surface area contributed by atoms with E-state index in [2.05, 4.69) is 303 Å². The van der Waals surface area contributed by atoms with E-state index in [0.717, 1.165) is 141 Å². The van der Waals surface area contributed by atoms with Crippen molar-refractivity contribution in [3.8, 4) is 0 Å². The predicted molar refractivity (Wildman–Crippen MR) is 463 cm³/mol. The Morgan fingerprint density at radius 2 is 0.857 bits per heavy atom. The van der Waals surface area contributed by atoms with Crippen LogP contribution in [0.5, 0.6) is 0 Å². The number of thiophene rings is 1. The van der Waals surface area contributed by atoms with E-state index in [4.69, 9.17) is 67.5 Å². The second-order valence-corrected chi connectivity index (χ2v) is 37.1. The molecule has 2 aromatic carbocycles. The molecule has 21 nitrogen and oxygen atoms in total. The van der Waals surface area contributed by atoms with Gasteiger partial charge in [0.2, 0.25) is 19.0 Å². The monoisotopic (exact) mass is 1970 g/mol. The number of unbranched alkanes of at least 4 members (excludes halogenated alkanes) is 5. The third kappa shape index (κ3) is 24.5. The molecule has 0 atom stereocenters. The Bertz CT molecular complexity index is 4620. The molecular weight excluding hydrogens is 1900 g/mol. The largest absolute Gasteiger partial charge is 0.494 e. The van der Waals surface area contributed by atoms with Crippen molar-refractivity contribution >= 4 is 252 Å². The molecule has 12 rings (SSSR count). The van der Waals surface area contributed by atoms with Crippen molar-refractivity contribution in [3.05, 3.63) is 146 Å². The number of hydrogen-bond donors (Lipinski definition) is 6. The van der Waals surface area contributed by atoms with Crippen LogP contribution in [0.3, 0.4) is 0 Å². The number of fused-ring (bicyclic) bond motifs is 3. The quantitative estimate of drug-likeness (QED) is 0.00969. The molecule has 38 heteroatoms. The number of halogens is 6. The zero-order valence-electron chi connectivity index (χ0n) is 59.5. The molecule has 0 aliphatic carbocycles. The number of nitrogens with zero attached hydrogens (tertiary/aromatic N) is 13. The molecule has 0 unspecified atom stereocenters. The van der Waals surface area contributed by atoms with Crippen LogP contribution >= 0.6 is 205 Å². The second-order valence-electron chi connectivity index (χ2n) is 26.5. The zero-order chi connectivity index (χ0) is 76.0. The first-order valence-corrected chi connectivity index (χ1v) is 44.7. The zero-order valence-corrected chi connectivity index (χ0v) is 76.6. The number of hydrogen-bond acceptors (Lipinski definition) is 24. The highest BCUT2D eigenvalue weighted by Gasteiger charge is 2.53. The van der Waals surface area contributed by atoms with Crippen LogP contribution in [-0.4, -0.2) is 133 Å². The summed E-state index contributed by atoms with van der Waals surface area (Å²) in [7, 11) is -0.858. The summed E-state index contributed by atoms with van der Waals surface area (Å²) in [6.45, 7) is 18.5. The van der Waals surface area contributed by atoms with E-state index in [-0.39, 0.29) is 0 Å². The highest BCUT2D eigenvalue weighted by atomic mass is 79.9. The number of nitrogens with one attached hydrogen (secondary N) is 4. The number of aromatic nitrogens is 17. The lowest BCUT2D eigenvalue weighted by molar-refractivity contribution is 0.00578. The van der Waals surface area contributed by atoms with Crippen LogP contribution in [0.15, 0.2) is 91.2 Å². The minimum atomic E-state index is -0.429. The Balaban J connectivity index is 0.000000178. The van der Waals surface area contributed by atoms with Crippen LogP contribution in [0.1, 0.15) is 153 Å². The van der Waals surface area contributed by atoms with Crippen LogP contribution in [0.25, 0.3) is 21.8 Å². The lowest BCUT2D eigenvalue weighted by atomic mass is 9.78. The Morgan fingerprint density at radius 3 is 1.28 bits per heavy atom. The van der Waals surface area contributed by atoms with Crippen LogP contribution in [0.4, 0.5) is 0 Å². The average Bonchev–Trinajstić information content (AvgIpc) is 1.59. The van der Waals surface area contributed by atoms with Gasteiger partial charge in [-0.15, -0.1) is 11.3 Å². The number of rotatable bonds is 26. The molecule has 4 N–H and O–H groups in total. The molecule has 105 heavy (non-hydrogen) atoms. The Hall–Kier alpha value is -2.60. The number of H-pyrrole nitrogens is 4. The summed E-state index contributed by atoms with van der Waals surface area (Å²) in [5.41, 5.74) is 4.12. The van der Waals surface area contributed by atoms with Gasteiger partial charge in [-0.05, 0) is 304 Å². The molecule has 0 amide bonds. The summed E-state index contributed by atoms with van der Waals surface area (Å²) in [4.78, 5) is 59.1. The lowest BCUT2D eigenvalue weighted by Crippen LogP contribution is -2.41. The van der Waals surface area contributed by atoms with Gasteiger partial charge in [0.1, 0.15) is 40.8 Å². The number of aryl methyl sites for hydroxylation is 7. The molecular formula is C67H81B2Br6N17O4S9.